The summed E-state index contributed by atoms with van der Waals surface area (Å²) >= 11 is 12.1. The number of aryl methyl sites for hydroxylation is 1. The molecule has 0 fully saturated rings. The zero-order chi connectivity index (χ0) is 14.0. The summed E-state index contributed by atoms with van der Waals surface area (Å²) < 4.78 is 6.55. The molecule has 100 valence electrons. The van der Waals surface area contributed by atoms with Gasteiger partial charge in [0.1, 0.15) is 0 Å². The molecular weight excluding hydrogens is 285 g/mol. The Morgan fingerprint density at radius 2 is 2.00 bits per heavy atom. The van der Waals surface area contributed by atoms with E-state index in [4.69, 9.17) is 27.9 Å². The minimum Gasteiger partial charge on any atom is -0.449 e. The molecule has 5 heteroatoms. The summed E-state index contributed by atoms with van der Waals surface area (Å²) in [7, 11) is 0. The van der Waals surface area contributed by atoms with Crippen molar-refractivity contribution in [2.24, 2.45) is 0 Å². The van der Waals surface area contributed by atoms with E-state index in [2.05, 4.69) is 0 Å². The van der Waals surface area contributed by atoms with Crippen LogP contribution in [-0.2, 0) is 4.74 Å². The highest BCUT2D eigenvalue weighted by Gasteiger charge is 2.16. The van der Waals surface area contributed by atoms with Gasteiger partial charge in [-0.2, -0.15) is 0 Å². The number of nitrogens with zero attached hydrogens (tertiary/aromatic N) is 1. The molecule has 0 saturated heterocycles. The quantitative estimate of drug-likeness (QED) is 0.799. The first kappa shape index (κ1) is 14.0. The molecule has 0 bridgehead atoms. The molecule has 1 aromatic carbocycles. The van der Waals surface area contributed by atoms with Gasteiger partial charge >= 0.3 is 6.09 Å². The molecule has 3 nitrogen and oxygen atoms in total. The Labute approximate surface area is 121 Å². The van der Waals surface area contributed by atoms with E-state index in [9.17, 15) is 4.79 Å². The van der Waals surface area contributed by atoms with E-state index in [-0.39, 0.29) is 0 Å². The third-order valence-corrected chi connectivity index (χ3v) is 3.28. The van der Waals surface area contributed by atoms with Gasteiger partial charge in [-0.25, -0.2) is 9.36 Å². The van der Waals surface area contributed by atoms with Crippen molar-refractivity contribution in [2.45, 2.75) is 13.8 Å². The van der Waals surface area contributed by atoms with Crippen molar-refractivity contribution in [1.82, 2.24) is 4.57 Å². The second kappa shape index (κ2) is 5.68. The van der Waals surface area contributed by atoms with Crippen LogP contribution in [-0.4, -0.2) is 17.3 Å². The fourth-order valence-corrected chi connectivity index (χ4v) is 2.38. The van der Waals surface area contributed by atoms with Crippen molar-refractivity contribution >= 4 is 29.3 Å². The highest BCUT2D eigenvalue weighted by molar-refractivity contribution is 6.36. The third kappa shape index (κ3) is 2.77. The SMILES string of the molecule is CCOC(=O)n1c(C)ccc1-c1ccc(Cl)cc1Cl. The second-order valence-corrected chi connectivity index (χ2v) is 4.86. The van der Waals surface area contributed by atoms with Gasteiger partial charge in [0, 0.05) is 16.3 Å². The normalized spacial score (nSPS) is 10.5. The maximum Gasteiger partial charge on any atom is 0.418 e. The number of carbonyl (C=O) groups excluding carboxylic acids is 1. The van der Waals surface area contributed by atoms with E-state index in [1.54, 1.807) is 25.1 Å². The lowest BCUT2D eigenvalue weighted by atomic mass is 10.1. The fraction of sp³-hybridized carbons (Fsp3) is 0.214. The van der Waals surface area contributed by atoms with Gasteiger partial charge in [0.05, 0.1) is 17.3 Å². The summed E-state index contributed by atoms with van der Waals surface area (Å²) in [6.07, 6.45) is -0.411. The van der Waals surface area contributed by atoms with Gasteiger partial charge in [0.25, 0.3) is 0 Å². The van der Waals surface area contributed by atoms with E-state index in [1.807, 2.05) is 19.1 Å². The van der Waals surface area contributed by atoms with Crippen LogP contribution in [0.15, 0.2) is 30.3 Å². The fourth-order valence-electron chi connectivity index (χ4n) is 1.88. The van der Waals surface area contributed by atoms with Gasteiger partial charge in [-0.15, -0.1) is 0 Å². The zero-order valence-corrected chi connectivity index (χ0v) is 12.1. The van der Waals surface area contributed by atoms with Crippen molar-refractivity contribution in [1.29, 1.82) is 0 Å². The van der Waals surface area contributed by atoms with E-state index in [0.29, 0.717) is 22.3 Å². The Morgan fingerprint density at radius 3 is 2.63 bits per heavy atom. The molecule has 0 N–H and O–H groups in total. The number of benzene rings is 1. The smallest absolute Gasteiger partial charge is 0.418 e. The largest absolute Gasteiger partial charge is 0.449 e. The minimum absolute atomic E-state index is 0.324. The van der Waals surface area contributed by atoms with Gasteiger partial charge < -0.3 is 4.74 Å². The van der Waals surface area contributed by atoms with Crippen LogP contribution in [0.4, 0.5) is 4.79 Å². The Balaban J connectivity index is 2.54. The Hall–Kier alpha value is -1.45. The second-order valence-electron chi connectivity index (χ2n) is 4.02. The maximum absolute atomic E-state index is 12.0. The van der Waals surface area contributed by atoms with Crippen LogP contribution in [0, 0.1) is 6.92 Å². The van der Waals surface area contributed by atoms with Gasteiger partial charge in [0.15, 0.2) is 0 Å². The molecule has 0 aliphatic carbocycles. The Kier molecular flexibility index (Phi) is 4.17. The summed E-state index contributed by atoms with van der Waals surface area (Å²) in [4.78, 5) is 12.0. The lowest BCUT2D eigenvalue weighted by Gasteiger charge is -2.11. The summed E-state index contributed by atoms with van der Waals surface area (Å²) in [5, 5.41) is 1.05. The molecular formula is C14H13Cl2NO2. The predicted octanol–water partition coefficient (Wildman–Crippen LogP) is 4.77. The topological polar surface area (TPSA) is 31.2 Å². The van der Waals surface area contributed by atoms with E-state index >= 15 is 0 Å². The van der Waals surface area contributed by atoms with E-state index in [1.165, 1.54) is 4.57 Å². The number of carbonyl (C=O) groups is 1. The average Bonchev–Trinajstić information content (AvgIpc) is 2.71. The number of ether oxygens (including phenoxy) is 1. The molecule has 1 aromatic heterocycles. The van der Waals surface area contributed by atoms with Gasteiger partial charge in [0.2, 0.25) is 0 Å². The first-order chi connectivity index (χ1) is 9.04. The molecule has 0 radical (unpaired) electrons. The van der Waals surface area contributed by atoms with E-state index < -0.39 is 6.09 Å². The summed E-state index contributed by atoms with van der Waals surface area (Å²) in [5.74, 6) is 0. The van der Waals surface area contributed by atoms with Gasteiger partial charge in [-0.3, -0.25) is 0 Å². The minimum atomic E-state index is -0.411. The van der Waals surface area contributed by atoms with Crippen LogP contribution in [0.5, 0.6) is 0 Å². The van der Waals surface area contributed by atoms with Crippen molar-refractivity contribution in [3.63, 3.8) is 0 Å². The first-order valence-electron chi connectivity index (χ1n) is 5.85. The number of rotatable bonds is 2. The van der Waals surface area contributed by atoms with Crippen molar-refractivity contribution in [2.75, 3.05) is 6.61 Å². The zero-order valence-electron chi connectivity index (χ0n) is 10.6. The van der Waals surface area contributed by atoms with Crippen LogP contribution in [0.25, 0.3) is 11.3 Å². The summed E-state index contributed by atoms with van der Waals surface area (Å²) in [6, 6.07) is 8.85. The molecule has 0 aliphatic rings. The van der Waals surface area contributed by atoms with Gasteiger partial charge in [-0.05, 0) is 44.2 Å². The van der Waals surface area contributed by atoms with Crippen LogP contribution < -0.4 is 0 Å². The molecule has 0 atom stereocenters. The Bertz CT molecular complexity index is 620. The maximum atomic E-state index is 12.0. The summed E-state index contributed by atoms with van der Waals surface area (Å²) in [5.41, 5.74) is 2.23. The number of hydrogen-bond acceptors (Lipinski definition) is 2. The standard InChI is InChI=1S/C14H13Cl2NO2/c1-3-19-14(18)17-9(2)4-7-13(17)11-6-5-10(15)8-12(11)16/h4-8H,3H2,1-2H3. The van der Waals surface area contributed by atoms with Crippen molar-refractivity contribution in [3.05, 3.63) is 46.1 Å². The number of hydrogen-bond donors (Lipinski definition) is 0. The van der Waals surface area contributed by atoms with Crippen molar-refractivity contribution < 1.29 is 9.53 Å². The van der Waals surface area contributed by atoms with Crippen LogP contribution in [0.2, 0.25) is 10.0 Å². The van der Waals surface area contributed by atoms with E-state index in [0.717, 1.165) is 11.3 Å². The number of aromatic nitrogens is 1. The molecule has 0 saturated carbocycles. The lowest BCUT2D eigenvalue weighted by molar-refractivity contribution is 0.154. The highest BCUT2D eigenvalue weighted by atomic mass is 35.5. The van der Waals surface area contributed by atoms with Crippen molar-refractivity contribution in [3.8, 4) is 11.3 Å². The van der Waals surface area contributed by atoms with Crippen LogP contribution >= 0.6 is 23.2 Å². The molecule has 2 aromatic rings. The molecule has 0 aliphatic heterocycles. The monoisotopic (exact) mass is 297 g/mol. The average molecular weight is 298 g/mol. The van der Waals surface area contributed by atoms with Crippen LogP contribution in [0.3, 0.4) is 0 Å². The molecule has 1 heterocycles. The Morgan fingerprint density at radius 1 is 1.26 bits per heavy atom. The highest BCUT2D eigenvalue weighted by Crippen LogP contribution is 2.31. The molecule has 19 heavy (non-hydrogen) atoms. The molecule has 0 unspecified atom stereocenters. The summed E-state index contributed by atoms with van der Waals surface area (Å²) in [6.45, 7) is 3.93. The number of halogens is 2. The first-order valence-corrected chi connectivity index (χ1v) is 6.61. The molecule has 0 amide bonds. The van der Waals surface area contributed by atoms with Gasteiger partial charge in [-0.1, -0.05) is 23.2 Å². The predicted molar refractivity (Wildman–Crippen MR) is 77.0 cm³/mol. The lowest BCUT2D eigenvalue weighted by Crippen LogP contribution is -2.15. The molecule has 2 rings (SSSR count). The van der Waals surface area contributed by atoms with Crippen LogP contribution in [0.1, 0.15) is 12.6 Å². The molecule has 0 spiro atoms. The third-order valence-electron chi connectivity index (χ3n) is 2.73.